The maximum atomic E-state index is 11.7. The molecule has 0 aromatic carbocycles. The van der Waals surface area contributed by atoms with Crippen LogP contribution in [0.4, 0.5) is 0 Å². The summed E-state index contributed by atoms with van der Waals surface area (Å²) in [4.78, 5) is 15.6. The van der Waals surface area contributed by atoms with Crippen molar-refractivity contribution in [1.29, 1.82) is 0 Å². The van der Waals surface area contributed by atoms with Crippen molar-refractivity contribution in [2.24, 2.45) is 0 Å². The molecule has 134 valence electrons. The summed E-state index contributed by atoms with van der Waals surface area (Å²) < 4.78 is 13.8. The number of ether oxygens (including phenoxy) is 2. The Morgan fingerprint density at radius 2 is 2.29 bits per heavy atom. The van der Waals surface area contributed by atoms with Crippen LogP contribution in [-0.2, 0) is 27.4 Å². The van der Waals surface area contributed by atoms with Gasteiger partial charge in [-0.15, -0.1) is 0 Å². The molecular weight excluding hydrogens is 308 g/mol. The van der Waals surface area contributed by atoms with Crippen LogP contribution in [0.2, 0.25) is 0 Å². The molecule has 0 bridgehead atoms. The number of nitrogens with zero attached hydrogens (tertiary/aromatic N) is 4. The SMILES string of the molecule is CCn1cc(CN2CC3(CC(OCC(=O)N(C)C)CCO3)C2)cn1. The van der Waals surface area contributed by atoms with Gasteiger partial charge in [0, 0.05) is 65.1 Å². The summed E-state index contributed by atoms with van der Waals surface area (Å²) in [5.41, 5.74) is 1.15. The highest BCUT2D eigenvalue weighted by molar-refractivity contribution is 5.76. The largest absolute Gasteiger partial charge is 0.372 e. The average molecular weight is 336 g/mol. The summed E-state index contributed by atoms with van der Waals surface area (Å²) in [7, 11) is 3.50. The highest BCUT2D eigenvalue weighted by Crippen LogP contribution is 2.36. The standard InChI is InChI=1S/C17H28N4O3/c1-4-21-10-14(8-18-21)9-20-12-17(13-20)7-15(5-6-24-17)23-11-16(22)19(2)3/h8,10,15H,4-7,9,11-13H2,1-3H3. The first kappa shape index (κ1) is 17.4. The van der Waals surface area contributed by atoms with Crippen LogP contribution < -0.4 is 0 Å². The quantitative estimate of drug-likeness (QED) is 0.767. The number of aryl methyl sites for hydroxylation is 1. The van der Waals surface area contributed by atoms with E-state index in [4.69, 9.17) is 9.47 Å². The zero-order chi connectivity index (χ0) is 17.2. The fourth-order valence-corrected chi connectivity index (χ4v) is 3.46. The molecule has 3 heterocycles. The van der Waals surface area contributed by atoms with Crippen molar-refractivity contribution >= 4 is 5.91 Å². The van der Waals surface area contributed by atoms with Gasteiger partial charge < -0.3 is 14.4 Å². The van der Waals surface area contributed by atoms with E-state index in [9.17, 15) is 4.79 Å². The van der Waals surface area contributed by atoms with Crippen molar-refractivity contribution in [3.63, 3.8) is 0 Å². The molecule has 2 aliphatic heterocycles. The molecule has 0 N–H and O–H groups in total. The summed E-state index contributed by atoms with van der Waals surface area (Å²) >= 11 is 0. The Morgan fingerprint density at radius 1 is 1.50 bits per heavy atom. The molecule has 7 nitrogen and oxygen atoms in total. The molecule has 24 heavy (non-hydrogen) atoms. The Balaban J connectivity index is 1.45. The summed E-state index contributed by atoms with van der Waals surface area (Å²) in [5.74, 6) is 0.0127. The third-order valence-electron chi connectivity index (χ3n) is 4.83. The van der Waals surface area contributed by atoms with Crippen LogP contribution in [0.5, 0.6) is 0 Å². The van der Waals surface area contributed by atoms with Crippen molar-refractivity contribution in [1.82, 2.24) is 19.6 Å². The van der Waals surface area contributed by atoms with Gasteiger partial charge in [-0.2, -0.15) is 5.10 Å². The Kier molecular flexibility index (Phi) is 5.22. The second kappa shape index (κ2) is 7.21. The molecule has 2 fully saturated rings. The Bertz CT molecular complexity index is 566. The van der Waals surface area contributed by atoms with E-state index < -0.39 is 0 Å². The lowest BCUT2D eigenvalue weighted by Gasteiger charge is -2.53. The van der Waals surface area contributed by atoms with E-state index in [2.05, 4.69) is 23.1 Å². The highest BCUT2D eigenvalue weighted by Gasteiger charge is 2.47. The molecular formula is C17H28N4O3. The number of hydrogen-bond donors (Lipinski definition) is 0. The van der Waals surface area contributed by atoms with E-state index >= 15 is 0 Å². The Labute approximate surface area is 143 Å². The van der Waals surface area contributed by atoms with Gasteiger partial charge in [0.15, 0.2) is 0 Å². The first-order valence-corrected chi connectivity index (χ1v) is 8.69. The normalized spacial score (nSPS) is 23.2. The fraction of sp³-hybridized carbons (Fsp3) is 0.765. The second-order valence-corrected chi connectivity index (χ2v) is 7.09. The van der Waals surface area contributed by atoms with Gasteiger partial charge in [-0.25, -0.2) is 0 Å². The minimum atomic E-state index is -0.0924. The number of likely N-dealkylation sites (tertiary alicyclic amines) is 1. The minimum Gasteiger partial charge on any atom is -0.372 e. The second-order valence-electron chi connectivity index (χ2n) is 7.09. The van der Waals surface area contributed by atoms with E-state index in [1.54, 1.807) is 19.0 Å². The lowest BCUT2D eigenvalue weighted by Crippen LogP contribution is -2.65. The van der Waals surface area contributed by atoms with Gasteiger partial charge in [0.1, 0.15) is 6.61 Å². The van der Waals surface area contributed by atoms with Crippen molar-refractivity contribution in [2.75, 3.05) is 40.4 Å². The Morgan fingerprint density at radius 3 is 2.96 bits per heavy atom. The van der Waals surface area contributed by atoms with Gasteiger partial charge in [-0.3, -0.25) is 14.4 Å². The van der Waals surface area contributed by atoms with Gasteiger partial charge in [0.25, 0.3) is 0 Å². The summed E-state index contributed by atoms with van der Waals surface area (Å²) in [6.45, 7) is 6.62. The molecule has 1 spiro atoms. The molecule has 3 rings (SSSR count). The third-order valence-corrected chi connectivity index (χ3v) is 4.83. The first-order valence-electron chi connectivity index (χ1n) is 8.69. The maximum Gasteiger partial charge on any atom is 0.248 e. The van der Waals surface area contributed by atoms with Crippen LogP contribution in [0.15, 0.2) is 12.4 Å². The van der Waals surface area contributed by atoms with Crippen LogP contribution in [0.1, 0.15) is 25.3 Å². The van der Waals surface area contributed by atoms with Crippen molar-refractivity contribution in [3.8, 4) is 0 Å². The number of carbonyl (C=O) groups excluding carboxylic acids is 1. The predicted molar refractivity (Wildman–Crippen MR) is 89.5 cm³/mol. The molecule has 2 saturated heterocycles. The molecule has 2 aliphatic rings. The van der Waals surface area contributed by atoms with Crippen LogP contribution in [0.25, 0.3) is 0 Å². The average Bonchev–Trinajstić information content (AvgIpc) is 2.99. The zero-order valence-electron chi connectivity index (χ0n) is 14.9. The van der Waals surface area contributed by atoms with Crippen LogP contribution in [0.3, 0.4) is 0 Å². The van der Waals surface area contributed by atoms with E-state index in [1.165, 1.54) is 5.56 Å². The smallest absolute Gasteiger partial charge is 0.248 e. The van der Waals surface area contributed by atoms with E-state index in [0.717, 1.165) is 39.0 Å². The van der Waals surface area contributed by atoms with Crippen LogP contribution in [-0.4, -0.2) is 77.6 Å². The van der Waals surface area contributed by atoms with Crippen molar-refractivity contribution in [3.05, 3.63) is 18.0 Å². The van der Waals surface area contributed by atoms with Crippen molar-refractivity contribution < 1.29 is 14.3 Å². The number of aromatic nitrogens is 2. The molecule has 0 aliphatic carbocycles. The molecule has 1 aromatic heterocycles. The zero-order valence-corrected chi connectivity index (χ0v) is 14.9. The molecule has 0 saturated carbocycles. The highest BCUT2D eigenvalue weighted by atomic mass is 16.5. The predicted octanol–water partition coefficient (Wildman–Crippen LogP) is 0.741. The monoisotopic (exact) mass is 336 g/mol. The molecule has 7 heteroatoms. The molecule has 1 unspecified atom stereocenters. The maximum absolute atomic E-state index is 11.7. The number of amides is 1. The lowest BCUT2D eigenvalue weighted by molar-refractivity contribution is -0.200. The fourth-order valence-electron chi connectivity index (χ4n) is 3.46. The Hall–Kier alpha value is -1.44. The summed E-state index contributed by atoms with van der Waals surface area (Å²) in [6, 6.07) is 0. The molecule has 1 amide bonds. The molecule has 1 atom stereocenters. The van der Waals surface area contributed by atoms with Gasteiger partial charge >= 0.3 is 0 Å². The van der Waals surface area contributed by atoms with Crippen molar-refractivity contribution in [2.45, 2.75) is 44.6 Å². The first-order chi connectivity index (χ1) is 11.5. The van der Waals surface area contributed by atoms with E-state index in [0.29, 0.717) is 6.61 Å². The molecule has 1 aromatic rings. The summed E-state index contributed by atoms with van der Waals surface area (Å²) in [5, 5.41) is 4.32. The number of hydrogen-bond acceptors (Lipinski definition) is 5. The van der Waals surface area contributed by atoms with Gasteiger partial charge in [0.2, 0.25) is 5.91 Å². The van der Waals surface area contributed by atoms with Crippen LogP contribution in [0, 0.1) is 0 Å². The van der Waals surface area contributed by atoms with Gasteiger partial charge in [-0.05, 0) is 13.3 Å². The number of rotatable bonds is 6. The minimum absolute atomic E-state index is 0.0127. The van der Waals surface area contributed by atoms with Gasteiger partial charge in [-0.1, -0.05) is 0 Å². The third kappa shape index (κ3) is 3.96. The van der Waals surface area contributed by atoms with Gasteiger partial charge in [0.05, 0.1) is 17.9 Å². The number of carbonyl (C=O) groups is 1. The lowest BCUT2D eigenvalue weighted by atomic mass is 9.84. The summed E-state index contributed by atoms with van der Waals surface area (Å²) in [6.07, 6.45) is 5.90. The molecule has 0 radical (unpaired) electrons. The van der Waals surface area contributed by atoms with Crippen LogP contribution >= 0.6 is 0 Å². The number of likely N-dealkylation sites (N-methyl/N-ethyl adjacent to an activating group) is 1. The van der Waals surface area contributed by atoms with E-state index in [-0.39, 0.29) is 24.2 Å². The topological polar surface area (TPSA) is 59.8 Å². The van der Waals surface area contributed by atoms with E-state index in [1.807, 2.05) is 10.9 Å².